The predicted molar refractivity (Wildman–Crippen MR) is 56.6 cm³/mol. The summed E-state index contributed by atoms with van der Waals surface area (Å²) in [5, 5.41) is 2.53. The van der Waals surface area contributed by atoms with E-state index in [0.29, 0.717) is 0 Å². The van der Waals surface area contributed by atoms with Crippen molar-refractivity contribution in [2.45, 2.75) is 37.9 Å². The van der Waals surface area contributed by atoms with E-state index in [-0.39, 0.29) is 12.5 Å². The van der Waals surface area contributed by atoms with Gasteiger partial charge in [-0.3, -0.25) is 8.98 Å². The Balaban J connectivity index is 2.18. The molecule has 0 radical (unpaired) electrons. The zero-order chi connectivity index (χ0) is 12.8. The zero-order valence-electron chi connectivity index (χ0n) is 9.80. The summed E-state index contributed by atoms with van der Waals surface area (Å²) in [7, 11) is -3.60. The van der Waals surface area contributed by atoms with E-state index < -0.39 is 34.2 Å². The molecule has 3 atom stereocenters. The molecule has 2 aliphatic heterocycles. The van der Waals surface area contributed by atoms with Crippen LogP contribution in [0.25, 0.3) is 0 Å². The molecule has 17 heavy (non-hydrogen) atoms. The highest BCUT2D eigenvalue weighted by atomic mass is 32.2. The molecule has 0 spiro atoms. The molecule has 0 bridgehead atoms. The quantitative estimate of drug-likeness (QED) is 0.643. The minimum atomic E-state index is -3.60. The minimum Gasteiger partial charge on any atom is -0.351 e. The summed E-state index contributed by atoms with van der Waals surface area (Å²) < 4.78 is 38.0. The first-order valence-corrected chi connectivity index (χ1v) is 7.01. The van der Waals surface area contributed by atoms with Crippen molar-refractivity contribution in [3.8, 4) is 0 Å². The van der Waals surface area contributed by atoms with E-state index in [0.717, 1.165) is 6.26 Å². The Labute approximate surface area is 99.5 Å². The Morgan fingerprint density at radius 1 is 1.41 bits per heavy atom. The molecule has 0 aromatic heterocycles. The van der Waals surface area contributed by atoms with Crippen molar-refractivity contribution in [2.24, 2.45) is 0 Å². The van der Waals surface area contributed by atoms with Crippen LogP contribution in [0.15, 0.2) is 0 Å². The summed E-state index contributed by atoms with van der Waals surface area (Å²) in [5.74, 6) is -1.23. The van der Waals surface area contributed by atoms with Gasteiger partial charge in [0.05, 0.1) is 6.26 Å². The fourth-order valence-electron chi connectivity index (χ4n) is 1.99. The normalized spacial score (nSPS) is 36.4. The highest BCUT2D eigenvalue weighted by Gasteiger charge is 2.52. The molecule has 0 aromatic carbocycles. The van der Waals surface area contributed by atoms with E-state index in [4.69, 9.17) is 13.7 Å². The number of fused-ring (bicyclic) bond motifs is 1. The molecule has 1 amide bonds. The van der Waals surface area contributed by atoms with Crippen LogP contribution >= 0.6 is 0 Å². The lowest BCUT2D eigenvalue weighted by Gasteiger charge is -2.29. The molecule has 0 saturated carbocycles. The van der Waals surface area contributed by atoms with Crippen molar-refractivity contribution < 1.29 is 26.9 Å². The molecule has 98 valence electrons. The lowest BCUT2D eigenvalue weighted by atomic mass is 10.0. The molecule has 2 aliphatic rings. The van der Waals surface area contributed by atoms with Gasteiger partial charge in [0, 0.05) is 6.54 Å². The van der Waals surface area contributed by atoms with E-state index >= 15 is 0 Å². The monoisotopic (exact) mass is 265 g/mol. The molecule has 2 rings (SSSR count). The topological polar surface area (TPSA) is 90.9 Å². The van der Waals surface area contributed by atoms with Crippen LogP contribution in [0.1, 0.15) is 13.8 Å². The lowest BCUT2D eigenvalue weighted by Crippen LogP contribution is -2.57. The fourth-order valence-corrected chi connectivity index (χ4v) is 2.62. The Bertz CT molecular complexity index is 431. The zero-order valence-corrected chi connectivity index (χ0v) is 10.6. The van der Waals surface area contributed by atoms with Crippen LogP contribution in [-0.2, 0) is 28.6 Å². The highest BCUT2D eigenvalue weighted by molar-refractivity contribution is 7.86. The van der Waals surface area contributed by atoms with Crippen molar-refractivity contribution in [1.29, 1.82) is 0 Å². The molecule has 0 aliphatic carbocycles. The summed E-state index contributed by atoms with van der Waals surface area (Å²) in [6, 6.07) is 0. The maximum atomic E-state index is 11.6. The maximum Gasteiger partial charge on any atom is 0.264 e. The SMILES string of the molecule is CC1(C)O[C@@H]2[C@H](O1)C(=O)NC[C@H]2OS(C)(=O)=O. The first-order chi connectivity index (χ1) is 7.68. The lowest BCUT2D eigenvalue weighted by molar-refractivity contribution is -0.155. The third-order valence-electron chi connectivity index (χ3n) is 2.53. The Morgan fingerprint density at radius 3 is 2.65 bits per heavy atom. The van der Waals surface area contributed by atoms with Crippen molar-refractivity contribution in [3.05, 3.63) is 0 Å². The smallest absolute Gasteiger partial charge is 0.264 e. The van der Waals surface area contributed by atoms with Gasteiger partial charge in [-0.1, -0.05) is 0 Å². The van der Waals surface area contributed by atoms with Crippen LogP contribution < -0.4 is 5.32 Å². The van der Waals surface area contributed by atoms with E-state index in [1.54, 1.807) is 13.8 Å². The largest absolute Gasteiger partial charge is 0.351 e. The molecule has 7 nitrogen and oxygen atoms in total. The van der Waals surface area contributed by atoms with Gasteiger partial charge in [0.25, 0.3) is 16.0 Å². The third kappa shape index (κ3) is 2.76. The molecule has 8 heteroatoms. The predicted octanol–water partition coefficient (Wildman–Crippen LogP) is -1.02. The number of hydrogen-bond acceptors (Lipinski definition) is 6. The number of ether oxygens (including phenoxy) is 2. The van der Waals surface area contributed by atoms with E-state index in [1.165, 1.54) is 0 Å². The van der Waals surface area contributed by atoms with Crippen LogP contribution in [0.2, 0.25) is 0 Å². The van der Waals surface area contributed by atoms with Gasteiger partial charge < -0.3 is 14.8 Å². The molecule has 2 fully saturated rings. The third-order valence-corrected chi connectivity index (χ3v) is 3.13. The summed E-state index contributed by atoms with van der Waals surface area (Å²) in [4.78, 5) is 11.6. The second kappa shape index (κ2) is 3.91. The minimum absolute atomic E-state index is 0.0898. The average Bonchev–Trinajstić information content (AvgIpc) is 2.45. The molecule has 0 unspecified atom stereocenters. The van der Waals surface area contributed by atoms with Crippen LogP contribution in [-0.4, -0.2) is 51.2 Å². The molecular weight excluding hydrogens is 250 g/mol. The van der Waals surface area contributed by atoms with Gasteiger partial charge in [0.1, 0.15) is 12.2 Å². The highest BCUT2D eigenvalue weighted by Crippen LogP contribution is 2.33. The Morgan fingerprint density at radius 2 is 2.06 bits per heavy atom. The number of nitrogens with one attached hydrogen (secondary N) is 1. The van der Waals surface area contributed by atoms with Crippen LogP contribution in [0.3, 0.4) is 0 Å². The Kier molecular flexibility index (Phi) is 2.93. The van der Waals surface area contributed by atoms with E-state index in [1.807, 2.05) is 0 Å². The van der Waals surface area contributed by atoms with Gasteiger partial charge in [0.15, 0.2) is 11.9 Å². The van der Waals surface area contributed by atoms with Gasteiger partial charge in [-0.2, -0.15) is 8.42 Å². The van der Waals surface area contributed by atoms with Crippen molar-refractivity contribution in [1.82, 2.24) is 5.32 Å². The number of hydrogen-bond donors (Lipinski definition) is 1. The second-order valence-corrected chi connectivity index (χ2v) is 6.21. The Hall–Kier alpha value is -0.700. The van der Waals surface area contributed by atoms with Gasteiger partial charge in [0.2, 0.25) is 0 Å². The first-order valence-electron chi connectivity index (χ1n) is 5.19. The first kappa shape index (κ1) is 12.7. The van der Waals surface area contributed by atoms with Crippen molar-refractivity contribution in [2.75, 3.05) is 12.8 Å². The second-order valence-electron chi connectivity index (χ2n) is 4.60. The van der Waals surface area contributed by atoms with E-state index in [2.05, 4.69) is 5.32 Å². The van der Waals surface area contributed by atoms with Crippen LogP contribution in [0.5, 0.6) is 0 Å². The summed E-state index contributed by atoms with van der Waals surface area (Å²) in [6.45, 7) is 3.42. The molecular formula is C9H15NO6S. The van der Waals surface area contributed by atoms with Crippen molar-refractivity contribution >= 4 is 16.0 Å². The average molecular weight is 265 g/mol. The van der Waals surface area contributed by atoms with Gasteiger partial charge in [-0.25, -0.2) is 0 Å². The molecule has 0 aromatic rings. The maximum absolute atomic E-state index is 11.6. The summed E-state index contributed by atoms with van der Waals surface area (Å²) in [6.07, 6.45) is -1.33. The fraction of sp³-hybridized carbons (Fsp3) is 0.889. The summed E-state index contributed by atoms with van der Waals surface area (Å²) >= 11 is 0. The standard InChI is InChI=1S/C9H15NO6S/c1-9(2)14-6-5(16-17(3,12)13)4-10-8(11)7(6)15-9/h5-7H,4H2,1-3H3,(H,10,11)/t5-,6+,7+/m1/s1. The van der Waals surface area contributed by atoms with Gasteiger partial charge in [-0.15, -0.1) is 0 Å². The number of rotatable bonds is 2. The van der Waals surface area contributed by atoms with E-state index in [9.17, 15) is 13.2 Å². The van der Waals surface area contributed by atoms with Gasteiger partial charge in [-0.05, 0) is 13.8 Å². The van der Waals surface area contributed by atoms with Crippen LogP contribution in [0.4, 0.5) is 0 Å². The number of amides is 1. The van der Waals surface area contributed by atoms with Crippen LogP contribution in [0, 0.1) is 0 Å². The summed E-state index contributed by atoms with van der Waals surface area (Å²) in [5.41, 5.74) is 0. The van der Waals surface area contributed by atoms with Crippen molar-refractivity contribution in [3.63, 3.8) is 0 Å². The number of carbonyl (C=O) groups is 1. The molecule has 2 heterocycles. The molecule has 2 saturated heterocycles. The molecule has 1 N–H and O–H groups in total. The number of carbonyl (C=O) groups excluding carboxylic acids is 1. The number of piperidine rings is 1. The van der Waals surface area contributed by atoms with Gasteiger partial charge >= 0.3 is 0 Å².